The first kappa shape index (κ1) is 19.2. The number of nitriles is 1. The number of hydrogen-bond donors (Lipinski definition) is 1. The van der Waals surface area contributed by atoms with Crippen LogP contribution in [0.2, 0.25) is 0 Å². The number of carbonyl (C=O) groups excluding carboxylic acids is 2. The van der Waals surface area contributed by atoms with E-state index in [4.69, 9.17) is 5.26 Å². The molecule has 0 spiro atoms. The van der Waals surface area contributed by atoms with Gasteiger partial charge in [-0.1, -0.05) is 12.2 Å². The fourth-order valence-electron chi connectivity index (χ4n) is 1.94. The lowest BCUT2D eigenvalue weighted by atomic mass is 10.1. The van der Waals surface area contributed by atoms with Crippen LogP contribution in [0.1, 0.15) is 25.0 Å². The number of amides is 2. The van der Waals surface area contributed by atoms with Crippen molar-refractivity contribution >= 4 is 17.5 Å². The van der Waals surface area contributed by atoms with Gasteiger partial charge in [0, 0.05) is 18.8 Å². The van der Waals surface area contributed by atoms with Crippen LogP contribution in [-0.4, -0.2) is 29.8 Å². The molecule has 0 heterocycles. The number of rotatable bonds is 4. The Morgan fingerprint density at radius 2 is 2.00 bits per heavy atom. The number of carbonyl (C=O) groups is 2. The Kier molecular flexibility index (Phi) is 6.12. The van der Waals surface area contributed by atoms with Gasteiger partial charge in [-0.25, -0.2) is 0 Å². The molecule has 1 rings (SSSR count). The number of hydrogen-bond acceptors (Lipinski definition) is 3. The molecule has 24 heavy (non-hydrogen) atoms. The van der Waals surface area contributed by atoms with Gasteiger partial charge in [0.2, 0.25) is 0 Å². The zero-order valence-corrected chi connectivity index (χ0v) is 13.2. The third-order valence-corrected chi connectivity index (χ3v) is 3.03. The average Bonchev–Trinajstić information content (AvgIpc) is 2.50. The van der Waals surface area contributed by atoms with E-state index in [0.29, 0.717) is 11.6 Å². The third-order valence-electron chi connectivity index (χ3n) is 3.03. The molecule has 1 aromatic carbocycles. The molecule has 0 saturated heterocycles. The van der Waals surface area contributed by atoms with Crippen LogP contribution in [0.5, 0.6) is 0 Å². The number of likely N-dealkylation sites (N-methyl/N-ethyl adjacent to an activating group) is 1. The standard InChI is InChI=1S/C16H16F3N3O2/c1-4-22(9-10(2)3)15(24)14(23)21-12-6-5-11(8-20)13(7-12)16(17,18)19/h5-7H,2,4,9H2,1,3H3,(H,21,23). The van der Waals surface area contributed by atoms with E-state index in [1.54, 1.807) is 13.8 Å². The van der Waals surface area contributed by atoms with Gasteiger partial charge in [-0.2, -0.15) is 18.4 Å². The maximum Gasteiger partial charge on any atom is 0.417 e. The molecule has 0 aliphatic carbocycles. The quantitative estimate of drug-likeness (QED) is 0.677. The Bertz CT molecular complexity index is 705. The molecule has 0 radical (unpaired) electrons. The minimum Gasteiger partial charge on any atom is -0.331 e. The van der Waals surface area contributed by atoms with Crippen molar-refractivity contribution in [2.75, 3.05) is 18.4 Å². The van der Waals surface area contributed by atoms with Crippen molar-refractivity contribution in [2.45, 2.75) is 20.0 Å². The second-order valence-corrected chi connectivity index (χ2v) is 5.10. The van der Waals surface area contributed by atoms with Gasteiger partial charge >= 0.3 is 18.0 Å². The largest absolute Gasteiger partial charge is 0.417 e. The molecule has 1 N–H and O–H groups in total. The van der Waals surface area contributed by atoms with Gasteiger partial charge in [0.1, 0.15) is 0 Å². The molecule has 8 heteroatoms. The minimum absolute atomic E-state index is 0.171. The van der Waals surface area contributed by atoms with Crippen LogP contribution in [0.4, 0.5) is 18.9 Å². The van der Waals surface area contributed by atoms with Gasteiger partial charge in [-0.05, 0) is 32.0 Å². The summed E-state index contributed by atoms with van der Waals surface area (Å²) in [6.45, 7) is 7.41. The van der Waals surface area contributed by atoms with Crippen LogP contribution in [0.3, 0.4) is 0 Å². The van der Waals surface area contributed by atoms with Crippen LogP contribution in [0, 0.1) is 11.3 Å². The second kappa shape index (κ2) is 7.64. The molecular formula is C16H16F3N3O2. The van der Waals surface area contributed by atoms with Gasteiger partial charge < -0.3 is 10.2 Å². The van der Waals surface area contributed by atoms with Gasteiger partial charge in [0.15, 0.2) is 0 Å². The van der Waals surface area contributed by atoms with Crippen LogP contribution >= 0.6 is 0 Å². The maximum absolute atomic E-state index is 12.9. The van der Waals surface area contributed by atoms with Crippen molar-refractivity contribution in [1.82, 2.24) is 4.90 Å². The number of anilines is 1. The van der Waals surface area contributed by atoms with Gasteiger partial charge in [-0.15, -0.1) is 0 Å². The molecule has 0 fully saturated rings. The maximum atomic E-state index is 12.9. The molecule has 0 aliphatic heterocycles. The first-order valence-electron chi connectivity index (χ1n) is 6.96. The van der Waals surface area contributed by atoms with E-state index in [0.717, 1.165) is 12.1 Å². The molecule has 0 saturated carbocycles. The number of nitrogens with zero attached hydrogens (tertiary/aromatic N) is 2. The summed E-state index contributed by atoms with van der Waals surface area (Å²) in [4.78, 5) is 25.2. The zero-order chi connectivity index (χ0) is 18.5. The molecule has 128 valence electrons. The molecule has 0 bridgehead atoms. The van der Waals surface area contributed by atoms with Crippen molar-refractivity contribution in [3.8, 4) is 6.07 Å². The van der Waals surface area contributed by atoms with Crippen molar-refractivity contribution in [3.05, 3.63) is 41.5 Å². The SMILES string of the molecule is C=C(C)CN(CC)C(=O)C(=O)Nc1ccc(C#N)c(C(F)(F)F)c1. The van der Waals surface area contributed by atoms with Crippen LogP contribution in [-0.2, 0) is 15.8 Å². The number of benzene rings is 1. The van der Waals surface area contributed by atoms with Gasteiger partial charge in [0.25, 0.3) is 0 Å². The molecule has 0 atom stereocenters. The van der Waals surface area contributed by atoms with E-state index in [1.807, 2.05) is 0 Å². The van der Waals surface area contributed by atoms with E-state index >= 15 is 0 Å². The lowest BCUT2D eigenvalue weighted by molar-refractivity contribution is -0.142. The summed E-state index contributed by atoms with van der Waals surface area (Å²) in [6, 6.07) is 4.13. The highest BCUT2D eigenvalue weighted by atomic mass is 19.4. The fraction of sp³-hybridized carbons (Fsp3) is 0.312. The van der Waals surface area contributed by atoms with Crippen molar-refractivity contribution in [2.24, 2.45) is 0 Å². The van der Waals surface area contributed by atoms with Crippen LogP contribution in [0.15, 0.2) is 30.4 Å². The highest BCUT2D eigenvalue weighted by Gasteiger charge is 2.34. The predicted molar refractivity (Wildman–Crippen MR) is 81.9 cm³/mol. The monoisotopic (exact) mass is 339 g/mol. The molecule has 1 aromatic rings. The lowest BCUT2D eigenvalue weighted by Crippen LogP contribution is -2.40. The van der Waals surface area contributed by atoms with E-state index in [-0.39, 0.29) is 18.8 Å². The first-order valence-corrected chi connectivity index (χ1v) is 6.96. The summed E-state index contributed by atoms with van der Waals surface area (Å²) in [5, 5.41) is 10.8. The number of nitrogens with one attached hydrogen (secondary N) is 1. The Hall–Kier alpha value is -2.82. The number of halogens is 3. The predicted octanol–water partition coefficient (Wildman–Crippen LogP) is 2.94. The average molecular weight is 339 g/mol. The van der Waals surface area contributed by atoms with Crippen LogP contribution in [0.25, 0.3) is 0 Å². The molecule has 0 aliphatic rings. The number of alkyl halides is 3. The highest BCUT2D eigenvalue weighted by Crippen LogP contribution is 2.33. The summed E-state index contributed by atoms with van der Waals surface area (Å²) in [6.07, 6.45) is -4.74. The van der Waals surface area contributed by atoms with E-state index in [9.17, 15) is 22.8 Å². The topological polar surface area (TPSA) is 73.2 Å². The smallest absolute Gasteiger partial charge is 0.331 e. The molecular weight excluding hydrogens is 323 g/mol. The van der Waals surface area contributed by atoms with E-state index in [2.05, 4.69) is 11.9 Å². The lowest BCUT2D eigenvalue weighted by Gasteiger charge is -2.20. The Morgan fingerprint density at radius 1 is 1.38 bits per heavy atom. The molecule has 5 nitrogen and oxygen atoms in total. The molecule has 2 amide bonds. The van der Waals surface area contributed by atoms with E-state index in [1.165, 1.54) is 11.0 Å². The highest BCUT2D eigenvalue weighted by molar-refractivity contribution is 6.39. The van der Waals surface area contributed by atoms with E-state index < -0.39 is 29.1 Å². The van der Waals surface area contributed by atoms with Crippen molar-refractivity contribution < 1.29 is 22.8 Å². The third kappa shape index (κ3) is 4.84. The second-order valence-electron chi connectivity index (χ2n) is 5.10. The van der Waals surface area contributed by atoms with Gasteiger partial charge in [-0.3, -0.25) is 9.59 Å². The summed E-state index contributed by atoms with van der Waals surface area (Å²) in [7, 11) is 0. The summed E-state index contributed by atoms with van der Waals surface area (Å²) in [5.74, 6) is -1.94. The zero-order valence-electron chi connectivity index (χ0n) is 13.2. The van der Waals surface area contributed by atoms with Crippen molar-refractivity contribution in [3.63, 3.8) is 0 Å². The Morgan fingerprint density at radius 3 is 2.46 bits per heavy atom. The van der Waals surface area contributed by atoms with Gasteiger partial charge in [0.05, 0.1) is 17.2 Å². The van der Waals surface area contributed by atoms with Crippen molar-refractivity contribution in [1.29, 1.82) is 5.26 Å². The summed E-state index contributed by atoms with van der Waals surface area (Å²) < 4.78 is 38.7. The minimum atomic E-state index is -4.74. The fourth-order valence-corrected chi connectivity index (χ4v) is 1.94. The van der Waals surface area contributed by atoms with Crippen LogP contribution < -0.4 is 5.32 Å². The normalized spacial score (nSPS) is 10.7. The molecule has 0 unspecified atom stereocenters. The molecule has 0 aromatic heterocycles. The Labute approximate surface area is 137 Å². The summed E-state index contributed by atoms with van der Waals surface area (Å²) >= 11 is 0. The summed E-state index contributed by atoms with van der Waals surface area (Å²) in [5.41, 5.74) is -1.30. The Balaban J connectivity index is 3.01. The first-order chi connectivity index (χ1) is 11.1.